The van der Waals surface area contributed by atoms with Crippen LogP contribution < -0.4 is 22.1 Å². The molecule has 6 N–H and O–H groups in total. The summed E-state index contributed by atoms with van der Waals surface area (Å²) >= 11 is 0. The molecule has 1 aliphatic heterocycles. The van der Waals surface area contributed by atoms with Crippen LogP contribution in [0.4, 0.5) is 0 Å². The van der Waals surface area contributed by atoms with Crippen molar-refractivity contribution in [3.8, 4) is 0 Å². The summed E-state index contributed by atoms with van der Waals surface area (Å²) in [5.41, 5.74) is 10.5. The van der Waals surface area contributed by atoms with Crippen molar-refractivity contribution >= 4 is 11.9 Å². The van der Waals surface area contributed by atoms with Gasteiger partial charge in [0, 0.05) is 6.42 Å². The van der Waals surface area contributed by atoms with Gasteiger partial charge in [-0.1, -0.05) is 50.5 Å². The van der Waals surface area contributed by atoms with E-state index in [1.54, 1.807) is 6.08 Å². The third kappa shape index (κ3) is 11.6. The normalized spacial score (nSPS) is 19.3. The average Bonchev–Trinajstić information content (AvgIpc) is 2.95. The summed E-state index contributed by atoms with van der Waals surface area (Å²) in [6.07, 6.45) is 18.0. The first-order valence-electron chi connectivity index (χ1n) is 10.7. The van der Waals surface area contributed by atoms with E-state index in [1.807, 2.05) is 32.1 Å². The van der Waals surface area contributed by atoms with E-state index >= 15 is 0 Å². The molecule has 29 heavy (non-hydrogen) atoms. The van der Waals surface area contributed by atoms with Gasteiger partial charge in [0.2, 0.25) is 5.91 Å². The molecule has 0 fully saturated rings. The number of unbranched alkanes of at least 4 members (excludes halogenated alkanes) is 5. The minimum absolute atomic E-state index is 0.175. The Kier molecular flexibility index (Phi) is 12.2. The van der Waals surface area contributed by atoms with Crippen LogP contribution in [-0.2, 0) is 14.3 Å². The molecule has 0 unspecified atom stereocenters. The van der Waals surface area contributed by atoms with Gasteiger partial charge >= 0.3 is 5.97 Å². The van der Waals surface area contributed by atoms with Gasteiger partial charge in [-0.15, -0.1) is 0 Å². The lowest BCUT2D eigenvalue weighted by Gasteiger charge is -2.17. The fraction of sp³-hybridized carbons (Fsp3) is 0.636. The third-order valence-electron chi connectivity index (χ3n) is 4.82. The van der Waals surface area contributed by atoms with Crippen LogP contribution >= 0.6 is 0 Å². The van der Waals surface area contributed by atoms with Gasteiger partial charge in [0.25, 0.3) is 0 Å². The predicted octanol–water partition coefficient (Wildman–Crippen LogP) is 2.74. The molecule has 1 aliphatic rings. The maximum absolute atomic E-state index is 12.0. The average molecular weight is 407 g/mol. The van der Waals surface area contributed by atoms with Gasteiger partial charge in [-0.3, -0.25) is 10.1 Å². The molecule has 1 atom stereocenters. The number of hydrogen-bond acceptors (Lipinski definition) is 6. The maximum Gasteiger partial charge on any atom is 0.355 e. The smallest absolute Gasteiger partial charge is 0.355 e. The Morgan fingerprint density at radius 1 is 1.14 bits per heavy atom. The first kappa shape index (κ1) is 25.1. The van der Waals surface area contributed by atoms with Gasteiger partial charge in [0.15, 0.2) is 0 Å². The largest absolute Gasteiger partial charge is 0.450 e. The zero-order valence-corrected chi connectivity index (χ0v) is 17.9. The van der Waals surface area contributed by atoms with E-state index in [4.69, 9.17) is 16.2 Å². The minimum Gasteiger partial charge on any atom is -0.450 e. The van der Waals surface area contributed by atoms with Crippen molar-refractivity contribution in [1.29, 1.82) is 0 Å². The number of carbonyl (C=O) groups is 2. The van der Waals surface area contributed by atoms with Crippen LogP contribution in [0, 0.1) is 0 Å². The third-order valence-corrected chi connectivity index (χ3v) is 4.82. The van der Waals surface area contributed by atoms with Crippen LogP contribution in [0.15, 0.2) is 36.1 Å². The van der Waals surface area contributed by atoms with Crippen molar-refractivity contribution < 1.29 is 14.3 Å². The number of amides is 1. The van der Waals surface area contributed by atoms with E-state index in [-0.39, 0.29) is 11.6 Å². The number of ether oxygens (including phenoxy) is 1. The van der Waals surface area contributed by atoms with E-state index in [2.05, 4.69) is 16.7 Å². The molecular formula is C22H38N4O3. The highest BCUT2D eigenvalue weighted by Crippen LogP contribution is 2.26. The molecule has 0 radical (unpaired) electrons. The summed E-state index contributed by atoms with van der Waals surface area (Å²) in [6, 6.07) is 0. The summed E-state index contributed by atoms with van der Waals surface area (Å²) in [7, 11) is 0. The van der Waals surface area contributed by atoms with Gasteiger partial charge in [0.1, 0.15) is 17.6 Å². The molecule has 164 valence electrons. The van der Waals surface area contributed by atoms with Crippen molar-refractivity contribution in [1.82, 2.24) is 10.6 Å². The van der Waals surface area contributed by atoms with Crippen molar-refractivity contribution in [3.05, 3.63) is 36.1 Å². The lowest BCUT2D eigenvalue weighted by Crippen LogP contribution is -2.45. The first-order valence-corrected chi connectivity index (χ1v) is 10.7. The number of rotatable bonds is 15. The number of esters is 1. The number of carbonyl (C=O) groups excluding carboxylic acids is 2. The van der Waals surface area contributed by atoms with Gasteiger partial charge in [0.05, 0.1) is 0 Å². The minimum atomic E-state index is -0.611. The standard InChI is InChI=1S/C22H38N4O3/c1-3-22(2)17-18(20(28)29-22)26-19(27)15-13-11-9-7-5-4-6-8-10-12-14-16-25-21(23)24/h5,7,9,11,17,21,25H,3-4,6,8,10,12-16,23-24H2,1-2H3,(H,26,27)/b7-5+,11-9-/t22-/m0/s1. The molecule has 0 aliphatic carbocycles. The molecule has 0 saturated carbocycles. The Bertz CT molecular complexity index is 599. The Morgan fingerprint density at radius 3 is 2.45 bits per heavy atom. The fourth-order valence-electron chi connectivity index (χ4n) is 2.88. The lowest BCUT2D eigenvalue weighted by atomic mass is 10.0. The molecule has 0 aromatic rings. The first-order chi connectivity index (χ1) is 13.9. The highest BCUT2D eigenvalue weighted by Gasteiger charge is 2.34. The Morgan fingerprint density at radius 2 is 1.79 bits per heavy atom. The summed E-state index contributed by atoms with van der Waals surface area (Å²) in [4.78, 5) is 23.7. The van der Waals surface area contributed by atoms with E-state index in [0.29, 0.717) is 19.3 Å². The van der Waals surface area contributed by atoms with Gasteiger partial charge in [-0.2, -0.15) is 0 Å². The molecule has 0 saturated heterocycles. The molecule has 7 nitrogen and oxygen atoms in total. The van der Waals surface area contributed by atoms with Gasteiger partial charge in [-0.05, 0) is 51.6 Å². The van der Waals surface area contributed by atoms with E-state index in [9.17, 15) is 9.59 Å². The molecule has 0 spiro atoms. The van der Waals surface area contributed by atoms with Crippen molar-refractivity contribution in [2.24, 2.45) is 11.5 Å². The maximum atomic E-state index is 12.0. The van der Waals surface area contributed by atoms with E-state index in [1.165, 1.54) is 25.7 Å². The number of nitrogens with one attached hydrogen (secondary N) is 2. The molecule has 0 bridgehead atoms. The second-order valence-electron chi connectivity index (χ2n) is 7.59. The number of allylic oxidation sites excluding steroid dienone is 4. The number of nitrogens with two attached hydrogens (primary N) is 2. The summed E-state index contributed by atoms with van der Waals surface area (Å²) in [5, 5.41) is 5.65. The quantitative estimate of drug-likeness (QED) is 0.144. The van der Waals surface area contributed by atoms with Crippen LogP contribution in [0.25, 0.3) is 0 Å². The molecule has 1 amide bonds. The van der Waals surface area contributed by atoms with Crippen LogP contribution in [0.1, 0.15) is 71.6 Å². The summed E-state index contributed by atoms with van der Waals surface area (Å²) < 4.78 is 5.26. The van der Waals surface area contributed by atoms with Crippen molar-refractivity contribution in [2.45, 2.75) is 83.5 Å². The van der Waals surface area contributed by atoms with Crippen LogP contribution in [0.3, 0.4) is 0 Å². The number of cyclic esters (lactones) is 1. The highest BCUT2D eigenvalue weighted by atomic mass is 16.6. The molecule has 0 aromatic carbocycles. The topological polar surface area (TPSA) is 119 Å². The summed E-state index contributed by atoms with van der Waals surface area (Å²) in [6.45, 7) is 4.64. The van der Waals surface area contributed by atoms with Gasteiger partial charge < -0.3 is 21.5 Å². The zero-order chi connectivity index (χ0) is 21.5. The molecule has 7 heteroatoms. The second-order valence-corrected chi connectivity index (χ2v) is 7.59. The molecule has 0 aromatic heterocycles. The van der Waals surface area contributed by atoms with Crippen molar-refractivity contribution in [3.63, 3.8) is 0 Å². The lowest BCUT2D eigenvalue weighted by molar-refractivity contribution is -0.146. The Balaban J connectivity index is 2.04. The van der Waals surface area contributed by atoms with Crippen LogP contribution in [0.5, 0.6) is 0 Å². The second kappa shape index (κ2) is 14.1. The predicted molar refractivity (Wildman–Crippen MR) is 116 cm³/mol. The van der Waals surface area contributed by atoms with Gasteiger partial charge in [-0.25, -0.2) is 4.79 Å². The Hall–Kier alpha value is -1.96. The van der Waals surface area contributed by atoms with Crippen molar-refractivity contribution in [2.75, 3.05) is 6.54 Å². The SMILES string of the molecule is CC[C@@]1(C)C=C(NC(=O)CC/C=C\C=C\CCCCCCCNC(N)N)C(=O)O1. The summed E-state index contributed by atoms with van der Waals surface area (Å²) in [5.74, 6) is -0.636. The zero-order valence-electron chi connectivity index (χ0n) is 17.9. The monoisotopic (exact) mass is 406 g/mol. The van der Waals surface area contributed by atoms with E-state index in [0.717, 1.165) is 19.4 Å². The van der Waals surface area contributed by atoms with E-state index < -0.39 is 17.9 Å². The molecular weight excluding hydrogens is 368 g/mol. The molecule has 1 rings (SSSR count). The number of hydrogen-bond donors (Lipinski definition) is 4. The Labute approximate surface area is 175 Å². The molecule has 1 heterocycles. The highest BCUT2D eigenvalue weighted by molar-refractivity contribution is 5.96. The van der Waals surface area contributed by atoms with Crippen LogP contribution in [0.2, 0.25) is 0 Å². The van der Waals surface area contributed by atoms with Crippen LogP contribution in [-0.4, -0.2) is 30.3 Å². The fourth-order valence-corrected chi connectivity index (χ4v) is 2.88.